The molecule has 0 saturated carbocycles. The molecule has 0 amide bonds. The minimum Gasteiger partial charge on any atom is -0.313 e. The smallest absolute Gasteiger partial charge is 0.147 e. The summed E-state index contributed by atoms with van der Waals surface area (Å²) in [7, 11) is -2.86. The van der Waals surface area contributed by atoms with E-state index >= 15 is 0 Å². The van der Waals surface area contributed by atoms with Crippen molar-refractivity contribution in [3.8, 4) is 0 Å². The van der Waals surface area contributed by atoms with Gasteiger partial charge in [0, 0.05) is 33.7 Å². The molecule has 0 fully saturated rings. The van der Waals surface area contributed by atoms with Gasteiger partial charge in [-0.05, 0) is 37.6 Å². The normalized spacial score (nSPS) is 13.3. The molecule has 1 N–H and O–H groups in total. The SMILES string of the molecule is CCNC(CCCS(C)(=O)=O)CSc1cccc(Cl)c1. The van der Waals surface area contributed by atoms with Crippen LogP contribution in [0.1, 0.15) is 19.8 Å². The number of nitrogens with one attached hydrogen (secondary N) is 1. The first-order chi connectivity index (χ1) is 9.40. The molecule has 1 aromatic carbocycles. The average Bonchev–Trinajstić information content (AvgIpc) is 2.34. The first-order valence-corrected chi connectivity index (χ1v) is 10.1. The van der Waals surface area contributed by atoms with E-state index in [4.69, 9.17) is 11.6 Å². The van der Waals surface area contributed by atoms with Crippen LogP contribution in [0.25, 0.3) is 0 Å². The Morgan fingerprint density at radius 1 is 1.40 bits per heavy atom. The first kappa shape index (κ1) is 17.8. The fourth-order valence-corrected chi connectivity index (χ4v) is 3.89. The first-order valence-electron chi connectivity index (χ1n) is 6.70. The maximum absolute atomic E-state index is 11.1. The highest BCUT2D eigenvalue weighted by Gasteiger charge is 2.10. The summed E-state index contributed by atoms with van der Waals surface area (Å²) < 4.78 is 22.3. The molecule has 3 nitrogen and oxygen atoms in total. The molecule has 1 aromatic rings. The second-order valence-electron chi connectivity index (χ2n) is 4.80. The molecule has 1 rings (SSSR count). The fraction of sp³-hybridized carbons (Fsp3) is 0.571. The Morgan fingerprint density at radius 3 is 2.75 bits per heavy atom. The molecule has 6 heteroatoms. The van der Waals surface area contributed by atoms with Gasteiger partial charge in [0.25, 0.3) is 0 Å². The number of rotatable bonds is 9. The Balaban J connectivity index is 2.42. The second-order valence-corrected chi connectivity index (χ2v) is 8.58. The van der Waals surface area contributed by atoms with Gasteiger partial charge in [0.1, 0.15) is 9.84 Å². The summed E-state index contributed by atoms with van der Waals surface area (Å²) in [6.45, 7) is 2.95. The predicted octanol–water partition coefficient (Wildman–Crippen LogP) is 3.24. The molecule has 0 aliphatic heterocycles. The van der Waals surface area contributed by atoms with Crippen molar-refractivity contribution in [2.24, 2.45) is 0 Å². The Bertz CT molecular complexity index is 506. The van der Waals surface area contributed by atoms with Crippen LogP contribution in [0.15, 0.2) is 29.2 Å². The topological polar surface area (TPSA) is 46.2 Å². The average molecular weight is 336 g/mol. The van der Waals surface area contributed by atoms with Crippen LogP contribution in [0.2, 0.25) is 5.02 Å². The minimum atomic E-state index is -2.86. The standard InChI is InChI=1S/C14H22ClNO2S2/c1-3-16-13(7-5-9-20(2,17)18)11-19-14-8-4-6-12(15)10-14/h4,6,8,10,13,16H,3,5,7,9,11H2,1-2H3. The summed E-state index contributed by atoms with van der Waals surface area (Å²) in [4.78, 5) is 1.14. The maximum atomic E-state index is 11.1. The van der Waals surface area contributed by atoms with E-state index in [1.807, 2.05) is 24.3 Å². The van der Waals surface area contributed by atoms with Crippen LogP contribution in [0.4, 0.5) is 0 Å². The molecule has 0 saturated heterocycles. The largest absolute Gasteiger partial charge is 0.313 e. The summed E-state index contributed by atoms with van der Waals surface area (Å²) in [5.41, 5.74) is 0. The minimum absolute atomic E-state index is 0.261. The molecule has 114 valence electrons. The Kier molecular flexibility index (Phi) is 7.95. The van der Waals surface area contributed by atoms with E-state index in [-0.39, 0.29) is 5.75 Å². The molecule has 0 aliphatic carbocycles. The number of hydrogen-bond donors (Lipinski definition) is 1. The molecule has 0 bridgehead atoms. The zero-order valence-electron chi connectivity index (χ0n) is 11.9. The van der Waals surface area contributed by atoms with Crippen molar-refractivity contribution in [3.63, 3.8) is 0 Å². The summed E-state index contributed by atoms with van der Waals surface area (Å²) in [6, 6.07) is 8.11. The van der Waals surface area contributed by atoms with E-state index in [0.29, 0.717) is 12.5 Å². The van der Waals surface area contributed by atoms with Crippen LogP contribution < -0.4 is 5.32 Å². The van der Waals surface area contributed by atoms with Crippen LogP contribution in [0, 0.1) is 0 Å². The van der Waals surface area contributed by atoms with Crippen LogP contribution in [0.3, 0.4) is 0 Å². The monoisotopic (exact) mass is 335 g/mol. The molecule has 0 aromatic heterocycles. The van der Waals surface area contributed by atoms with Crippen LogP contribution >= 0.6 is 23.4 Å². The highest BCUT2D eigenvalue weighted by atomic mass is 35.5. The predicted molar refractivity (Wildman–Crippen MR) is 88.6 cm³/mol. The van der Waals surface area contributed by atoms with Gasteiger partial charge in [0.15, 0.2) is 0 Å². The summed E-state index contributed by atoms with van der Waals surface area (Å²) in [5, 5.41) is 4.15. The second kappa shape index (κ2) is 8.93. The zero-order chi connectivity index (χ0) is 15.0. The lowest BCUT2D eigenvalue weighted by Gasteiger charge is -2.17. The van der Waals surface area contributed by atoms with Crippen molar-refractivity contribution in [2.75, 3.05) is 24.3 Å². The van der Waals surface area contributed by atoms with Gasteiger partial charge in [0.2, 0.25) is 0 Å². The molecular weight excluding hydrogens is 314 g/mol. The Labute approximate surface area is 131 Å². The van der Waals surface area contributed by atoms with Gasteiger partial charge < -0.3 is 5.32 Å². The van der Waals surface area contributed by atoms with E-state index < -0.39 is 9.84 Å². The Hall–Kier alpha value is -0.230. The summed E-state index contributed by atoms with van der Waals surface area (Å²) >= 11 is 7.70. The van der Waals surface area contributed by atoms with E-state index in [0.717, 1.165) is 28.6 Å². The molecule has 0 aliphatic rings. The van der Waals surface area contributed by atoms with Gasteiger partial charge in [0.05, 0.1) is 0 Å². The van der Waals surface area contributed by atoms with Crippen molar-refractivity contribution >= 4 is 33.2 Å². The van der Waals surface area contributed by atoms with Gasteiger partial charge >= 0.3 is 0 Å². The van der Waals surface area contributed by atoms with E-state index in [1.54, 1.807) is 11.8 Å². The van der Waals surface area contributed by atoms with E-state index in [9.17, 15) is 8.42 Å². The van der Waals surface area contributed by atoms with Crippen molar-refractivity contribution in [3.05, 3.63) is 29.3 Å². The molecule has 1 atom stereocenters. The van der Waals surface area contributed by atoms with E-state index in [2.05, 4.69) is 12.2 Å². The summed E-state index contributed by atoms with van der Waals surface area (Å²) in [6.07, 6.45) is 2.86. The van der Waals surface area contributed by atoms with Crippen molar-refractivity contribution in [1.29, 1.82) is 0 Å². The molecular formula is C14H22ClNO2S2. The number of benzene rings is 1. The lowest BCUT2D eigenvalue weighted by Crippen LogP contribution is -2.31. The van der Waals surface area contributed by atoms with Crippen LogP contribution in [-0.4, -0.2) is 38.8 Å². The Morgan fingerprint density at radius 2 is 2.15 bits per heavy atom. The number of thioether (sulfide) groups is 1. The molecule has 0 spiro atoms. The highest BCUT2D eigenvalue weighted by Crippen LogP contribution is 2.23. The zero-order valence-corrected chi connectivity index (χ0v) is 14.3. The summed E-state index contributed by atoms with van der Waals surface area (Å²) in [5.74, 6) is 1.18. The molecule has 20 heavy (non-hydrogen) atoms. The molecule has 1 unspecified atom stereocenters. The van der Waals surface area contributed by atoms with Gasteiger partial charge in [-0.2, -0.15) is 0 Å². The molecule has 0 heterocycles. The number of sulfone groups is 1. The lowest BCUT2D eigenvalue weighted by molar-refractivity contribution is 0.527. The van der Waals surface area contributed by atoms with Crippen molar-refractivity contribution in [1.82, 2.24) is 5.32 Å². The third-order valence-electron chi connectivity index (χ3n) is 2.81. The highest BCUT2D eigenvalue weighted by molar-refractivity contribution is 7.99. The van der Waals surface area contributed by atoms with Crippen molar-refractivity contribution in [2.45, 2.75) is 30.7 Å². The quantitative estimate of drug-likeness (QED) is 0.704. The van der Waals surface area contributed by atoms with Gasteiger partial charge in [-0.1, -0.05) is 24.6 Å². The van der Waals surface area contributed by atoms with Gasteiger partial charge in [-0.15, -0.1) is 11.8 Å². The van der Waals surface area contributed by atoms with Gasteiger partial charge in [-0.25, -0.2) is 8.42 Å². The van der Waals surface area contributed by atoms with Crippen LogP contribution in [0.5, 0.6) is 0 Å². The third kappa shape index (κ3) is 8.15. The van der Waals surface area contributed by atoms with Gasteiger partial charge in [-0.3, -0.25) is 0 Å². The third-order valence-corrected chi connectivity index (χ3v) is 5.23. The maximum Gasteiger partial charge on any atom is 0.147 e. The lowest BCUT2D eigenvalue weighted by atomic mass is 10.2. The van der Waals surface area contributed by atoms with E-state index in [1.165, 1.54) is 6.26 Å². The fourth-order valence-electron chi connectivity index (χ4n) is 1.88. The van der Waals surface area contributed by atoms with Crippen LogP contribution in [-0.2, 0) is 9.84 Å². The van der Waals surface area contributed by atoms with Crippen molar-refractivity contribution < 1.29 is 8.42 Å². The molecule has 0 radical (unpaired) electrons. The number of hydrogen-bond acceptors (Lipinski definition) is 4. The number of halogens is 1.